The van der Waals surface area contributed by atoms with E-state index in [2.05, 4.69) is 12.2 Å². The second-order valence-corrected chi connectivity index (χ2v) is 6.76. The summed E-state index contributed by atoms with van der Waals surface area (Å²) in [6, 6.07) is 7.95. The number of hydrogen-bond acceptors (Lipinski definition) is 5. The monoisotopic (exact) mass is 307 g/mol. The summed E-state index contributed by atoms with van der Waals surface area (Å²) < 4.78 is 11.2. The van der Waals surface area contributed by atoms with Crippen molar-refractivity contribution in [3.05, 3.63) is 30.0 Å². The fourth-order valence-corrected chi connectivity index (χ4v) is 3.90. The Morgan fingerprint density at radius 2 is 2.38 bits per heavy atom. The molecule has 0 spiro atoms. The number of methoxy groups -OCH3 is 1. The van der Waals surface area contributed by atoms with Crippen LogP contribution in [0, 0.1) is 0 Å². The minimum absolute atomic E-state index is 0.0525. The maximum Gasteiger partial charge on any atom is 0.176 e. The van der Waals surface area contributed by atoms with Gasteiger partial charge in [-0.1, -0.05) is 12.1 Å². The van der Waals surface area contributed by atoms with Gasteiger partial charge in [0.25, 0.3) is 0 Å². The molecule has 1 aromatic heterocycles. The van der Waals surface area contributed by atoms with E-state index >= 15 is 0 Å². The molecule has 0 amide bonds. The molecule has 2 aromatic rings. The van der Waals surface area contributed by atoms with Gasteiger partial charge < -0.3 is 19.6 Å². The third-order valence-corrected chi connectivity index (χ3v) is 5.23. The summed E-state index contributed by atoms with van der Waals surface area (Å²) in [4.78, 5) is 0. The second-order valence-electron chi connectivity index (χ2n) is 5.66. The molecule has 0 radical (unpaired) electrons. The molecule has 0 unspecified atom stereocenters. The van der Waals surface area contributed by atoms with E-state index in [0.717, 1.165) is 40.4 Å². The van der Waals surface area contributed by atoms with Crippen molar-refractivity contribution >= 4 is 22.7 Å². The summed E-state index contributed by atoms with van der Waals surface area (Å²) in [6.07, 6.45) is 0.853. The van der Waals surface area contributed by atoms with Crippen molar-refractivity contribution in [2.24, 2.45) is 0 Å². The van der Waals surface area contributed by atoms with Crippen LogP contribution in [0.4, 0.5) is 0 Å². The number of thioether (sulfide) groups is 1. The molecule has 2 atom stereocenters. The van der Waals surface area contributed by atoms with Gasteiger partial charge in [0.15, 0.2) is 11.3 Å². The zero-order valence-electron chi connectivity index (χ0n) is 12.4. The summed E-state index contributed by atoms with van der Waals surface area (Å²) in [7, 11) is 1.64. The first kappa shape index (κ1) is 14.8. The van der Waals surface area contributed by atoms with E-state index in [0.29, 0.717) is 6.54 Å². The van der Waals surface area contributed by atoms with Gasteiger partial charge in [-0.2, -0.15) is 11.8 Å². The molecule has 4 nitrogen and oxygen atoms in total. The van der Waals surface area contributed by atoms with E-state index in [4.69, 9.17) is 9.15 Å². The number of fused-ring (bicyclic) bond motifs is 1. The van der Waals surface area contributed by atoms with Crippen LogP contribution >= 0.6 is 11.8 Å². The largest absolute Gasteiger partial charge is 0.493 e. The van der Waals surface area contributed by atoms with E-state index < -0.39 is 5.60 Å². The average Bonchev–Trinajstić information content (AvgIpc) is 3.11. The van der Waals surface area contributed by atoms with Crippen molar-refractivity contribution in [2.75, 3.05) is 25.2 Å². The summed E-state index contributed by atoms with van der Waals surface area (Å²) >= 11 is 1.81. The third kappa shape index (κ3) is 3.05. The normalized spacial score (nSPS) is 23.6. The van der Waals surface area contributed by atoms with E-state index in [1.165, 1.54) is 0 Å². The fraction of sp³-hybridized carbons (Fsp3) is 0.500. The summed E-state index contributed by atoms with van der Waals surface area (Å²) in [5.41, 5.74) is 0.196. The average molecular weight is 307 g/mol. The lowest BCUT2D eigenvalue weighted by molar-refractivity contribution is 0.0644. The summed E-state index contributed by atoms with van der Waals surface area (Å²) in [5, 5.41) is 14.8. The Bertz CT molecular complexity index is 619. The topological polar surface area (TPSA) is 54.6 Å². The molecule has 3 rings (SSSR count). The number of benzene rings is 1. The van der Waals surface area contributed by atoms with Gasteiger partial charge in [0.1, 0.15) is 5.76 Å². The van der Waals surface area contributed by atoms with Gasteiger partial charge in [-0.3, -0.25) is 0 Å². The van der Waals surface area contributed by atoms with Crippen LogP contribution in [-0.4, -0.2) is 35.9 Å². The van der Waals surface area contributed by atoms with Crippen LogP contribution in [0.1, 0.15) is 25.1 Å². The molecule has 0 bridgehead atoms. The summed E-state index contributed by atoms with van der Waals surface area (Å²) in [6.45, 7) is 2.64. The number of para-hydroxylation sites is 1. The number of hydrogen-bond donors (Lipinski definition) is 2. The van der Waals surface area contributed by atoms with Gasteiger partial charge in [0, 0.05) is 17.7 Å². The van der Waals surface area contributed by atoms with Gasteiger partial charge in [-0.25, -0.2) is 0 Å². The molecular formula is C16H21NO3S. The molecule has 0 aliphatic carbocycles. The Kier molecular flexibility index (Phi) is 4.15. The van der Waals surface area contributed by atoms with Crippen molar-refractivity contribution < 1.29 is 14.3 Å². The lowest BCUT2D eigenvalue weighted by atomic mass is 10.0. The van der Waals surface area contributed by atoms with Crippen molar-refractivity contribution in [2.45, 2.75) is 25.0 Å². The Labute approximate surface area is 128 Å². The SMILES string of the molecule is COc1cccc2cc([C@@H](C)NC[C@]3(O)CCSC3)oc12. The molecule has 1 aromatic carbocycles. The number of furan rings is 1. The number of rotatable bonds is 5. The van der Waals surface area contributed by atoms with Gasteiger partial charge in [-0.15, -0.1) is 0 Å². The molecule has 21 heavy (non-hydrogen) atoms. The highest BCUT2D eigenvalue weighted by Gasteiger charge is 2.32. The van der Waals surface area contributed by atoms with E-state index in [9.17, 15) is 5.11 Å². The molecule has 1 aliphatic rings. The highest BCUT2D eigenvalue weighted by atomic mass is 32.2. The van der Waals surface area contributed by atoms with Crippen molar-refractivity contribution in [1.29, 1.82) is 0 Å². The number of ether oxygens (including phenoxy) is 1. The Balaban J connectivity index is 1.74. The van der Waals surface area contributed by atoms with Crippen LogP contribution in [0.15, 0.2) is 28.7 Å². The summed E-state index contributed by atoms with van der Waals surface area (Å²) in [5.74, 6) is 3.45. The van der Waals surface area contributed by atoms with Gasteiger partial charge >= 0.3 is 0 Å². The van der Waals surface area contributed by atoms with Gasteiger partial charge in [0.2, 0.25) is 0 Å². The van der Waals surface area contributed by atoms with Crippen molar-refractivity contribution in [1.82, 2.24) is 5.32 Å². The molecule has 114 valence electrons. The third-order valence-electron chi connectivity index (χ3n) is 3.99. The maximum absolute atomic E-state index is 10.4. The lowest BCUT2D eigenvalue weighted by Crippen LogP contribution is -2.41. The molecule has 1 aliphatic heterocycles. The Hall–Kier alpha value is -1.17. The predicted octanol–water partition coefficient (Wildman–Crippen LogP) is 2.96. The zero-order valence-corrected chi connectivity index (χ0v) is 13.2. The van der Waals surface area contributed by atoms with Crippen LogP contribution < -0.4 is 10.1 Å². The standard InChI is InChI=1S/C16H21NO3S/c1-11(17-9-16(18)6-7-21-10-16)14-8-12-4-3-5-13(19-2)15(12)20-14/h3-5,8,11,17-18H,6-7,9-10H2,1-2H3/t11-,16-/m1/s1. The number of nitrogens with one attached hydrogen (secondary N) is 1. The van der Waals surface area contributed by atoms with Gasteiger partial charge in [-0.05, 0) is 31.2 Å². The smallest absolute Gasteiger partial charge is 0.176 e. The fourth-order valence-electron chi connectivity index (χ4n) is 2.61. The van der Waals surface area contributed by atoms with Crippen LogP contribution in [0.3, 0.4) is 0 Å². The van der Waals surface area contributed by atoms with Crippen LogP contribution in [0.5, 0.6) is 5.75 Å². The Morgan fingerprint density at radius 3 is 3.10 bits per heavy atom. The first-order chi connectivity index (χ1) is 10.1. The van der Waals surface area contributed by atoms with E-state index in [1.54, 1.807) is 7.11 Å². The van der Waals surface area contributed by atoms with Crippen LogP contribution in [0.2, 0.25) is 0 Å². The predicted molar refractivity (Wildman–Crippen MR) is 86.1 cm³/mol. The molecule has 0 saturated carbocycles. The number of aliphatic hydroxyl groups is 1. The van der Waals surface area contributed by atoms with Crippen LogP contribution in [0.25, 0.3) is 11.0 Å². The van der Waals surface area contributed by atoms with Crippen LogP contribution in [-0.2, 0) is 0 Å². The van der Waals surface area contributed by atoms with Crippen molar-refractivity contribution in [3.63, 3.8) is 0 Å². The first-order valence-corrected chi connectivity index (χ1v) is 8.37. The highest BCUT2D eigenvalue weighted by Crippen LogP contribution is 2.32. The Morgan fingerprint density at radius 1 is 1.52 bits per heavy atom. The van der Waals surface area contributed by atoms with Crippen molar-refractivity contribution in [3.8, 4) is 5.75 Å². The second kappa shape index (κ2) is 5.91. The molecule has 2 heterocycles. The first-order valence-electron chi connectivity index (χ1n) is 7.21. The maximum atomic E-state index is 10.4. The van der Waals surface area contributed by atoms with E-state index in [1.807, 2.05) is 36.0 Å². The molecule has 2 N–H and O–H groups in total. The van der Waals surface area contributed by atoms with Gasteiger partial charge in [0.05, 0.1) is 18.8 Å². The molecular weight excluding hydrogens is 286 g/mol. The minimum Gasteiger partial charge on any atom is -0.493 e. The quantitative estimate of drug-likeness (QED) is 0.889. The zero-order chi connectivity index (χ0) is 14.9. The lowest BCUT2D eigenvalue weighted by Gasteiger charge is -2.23. The van der Waals surface area contributed by atoms with E-state index in [-0.39, 0.29) is 6.04 Å². The molecule has 5 heteroatoms. The minimum atomic E-state index is -0.581. The molecule has 1 fully saturated rings. The molecule has 1 saturated heterocycles. The highest BCUT2D eigenvalue weighted by molar-refractivity contribution is 7.99.